The van der Waals surface area contributed by atoms with Gasteiger partial charge in [-0.3, -0.25) is 4.79 Å². The van der Waals surface area contributed by atoms with E-state index in [9.17, 15) is 4.79 Å². The van der Waals surface area contributed by atoms with E-state index in [0.717, 1.165) is 53.0 Å². The maximum absolute atomic E-state index is 11.1. The predicted molar refractivity (Wildman–Crippen MR) is 82.6 cm³/mol. The van der Waals surface area contributed by atoms with E-state index in [4.69, 9.17) is 0 Å². The lowest BCUT2D eigenvalue weighted by atomic mass is 10.3. The number of aromatic nitrogens is 3. The summed E-state index contributed by atoms with van der Waals surface area (Å²) in [5, 5.41) is 8.36. The minimum absolute atomic E-state index is 0.0392. The number of anilines is 2. The lowest BCUT2D eigenvalue weighted by Gasteiger charge is -2.13. The van der Waals surface area contributed by atoms with Gasteiger partial charge in [0.05, 0.1) is 6.54 Å². The Hall–Kier alpha value is -1.89. The fourth-order valence-corrected chi connectivity index (χ4v) is 2.38. The van der Waals surface area contributed by atoms with Crippen LogP contribution in [0.25, 0.3) is 0 Å². The molecular formula is C13H19N5OS. The molecule has 2 rings (SSSR count). The Labute approximate surface area is 121 Å². The van der Waals surface area contributed by atoms with E-state index in [-0.39, 0.29) is 4.87 Å². The van der Waals surface area contributed by atoms with Crippen molar-refractivity contribution in [3.63, 3.8) is 0 Å². The highest BCUT2D eigenvalue weighted by Crippen LogP contribution is 2.20. The van der Waals surface area contributed by atoms with Crippen molar-refractivity contribution in [3.8, 4) is 0 Å². The van der Waals surface area contributed by atoms with Gasteiger partial charge in [-0.25, -0.2) is 9.97 Å². The van der Waals surface area contributed by atoms with Gasteiger partial charge in [-0.1, -0.05) is 18.3 Å². The van der Waals surface area contributed by atoms with Crippen LogP contribution in [0.5, 0.6) is 0 Å². The zero-order valence-corrected chi connectivity index (χ0v) is 12.7. The van der Waals surface area contributed by atoms with E-state index in [1.807, 2.05) is 19.2 Å². The number of aryl methyl sites for hydroxylation is 1. The number of nitrogens with one attached hydrogen (secondary N) is 3. The average Bonchev–Trinajstić information content (AvgIpc) is 2.83. The molecule has 0 aliphatic rings. The van der Waals surface area contributed by atoms with Gasteiger partial charge in [-0.15, -0.1) is 0 Å². The molecule has 3 N–H and O–H groups in total. The first kappa shape index (κ1) is 14.5. The molecule has 0 spiro atoms. The molecule has 2 heterocycles. The van der Waals surface area contributed by atoms with Crippen LogP contribution in [0.15, 0.2) is 10.2 Å². The third kappa shape index (κ3) is 3.57. The summed E-state index contributed by atoms with van der Waals surface area (Å²) in [7, 11) is 0. The van der Waals surface area contributed by atoms with Crippen LogP contribution in [0.2, 0.25) is 0 Å². The van der Waals surface area contributed by atoms with E-state index in [2.05, 4.69) is 32.5 Å². The molecule has 0 fully saturated rings. The van der Waals surface area contributed by atoms with Crippen LogP contribution in [-0.2, 0) is 6.54 Å². The first-order chi connectivity index (χ1) is 9.60. The first-order valence-electron chi connectivity index (χ1n) is 6.59. The Bertz CT molecular complexity index is 634. The second-order valence-corrected chi connectivity index (χ2v) is 5.39. The molecule has 0 saturated carbocycles. The Morgan fingerprint density at radius 2 is 1.95 bits per heavy atom. The molecule has 0 radical (unpaired) electrons. The zero-order chi connectivity index (χ0) is 14.5. The highest BCUT2D eigenvalue weighted by molar-refractivity contribution is 7.07. The number of nitrogens with zero attached hydrogens (tertiary/aromatic N) is 2. The molecule has 2 aromatic heterocycles. The normalized spacial score (nSPS) is 10.6. The summed E-state index contributed by atoms with van der Waals surface area (Å²) in [5.74, 6) is 2.37. The van der Waals surface area contributed by atoms with Crippen molar-refractivity contribution in [1.29, 1.82) is 0 Å². The Morgan fingerprint density at radius 1 is 1.25 bits per heavy atom. The highest BCUT2D eigenvalue weighted by atomic mass is 32.1. The van der Waals surface area contributed by atoms with Gasteiger partial charge in [0.25, 0.3) is 0 Å². The molecule has 108 valence electrons. The number of hydrogen-bond acceptors (Lipinski definition) is 6. The fourth-order valence-electron chi connectivity index (χ4n) is 1.80. The third-order valence-electron chi connectivity index (χ3n) is 2.82. The number of hydrogen-bond donors (Lipinski definition) is 3. The van der Waals surface area contributed by atoms with E-state index in [0.29, 0.717) is 6.54 Å². The van der Waals surface area contributed by atoms with Crippen molar-refractivity contribution in [1.82, 2.24) is 15.0 Å². The summed E-state index contributed by atoms with van der Waals surface area (Å²) in [6, 6.07) is 0. The van der Waals surface area contributed by atoms with Gasteiger partial charge < -0.3 is 15.6 Å². The molecule has 0 amide bonds. The van der Waals surface area contributed by atoms with Gasteiger partial charge in [-0.05, 0) is 20.3 Å². The van der Waals surface area contributed by atoms with Crippen molar-refractivity contribution in [2.24, 2.45) is 0 Å². The van der Waals surface area contributed by atoms with Crippen molar-refractivity contribution in [3.05, 3.63) is 32.1 Å². The van der Waals surface area contributed by atoms with Gasteiger partial charge >= 0.3 is 4.87 Å². The molecule has 0 aliphatic heterocycles. The van der Waals surface area contributed by atoms with Crippen LogP contribution in [0.1, 0.15) is 30.4 Å². The molecule has 7 heteroatoms. The van der Waals surface area contributed by atoms with Crippen LogP contribution in [0.4, 0.5) is 11.6 Å². The van der Waals surface area contributed by atoms with Crippen LogP contribution in [-0.4, -0.2) is 21.5 Å². The minimum atomic E-state index is -0.0392. The summed E-state index contributed by atoms with van der Waals surface area (Å²) in [6.45, 7) is 7.39. The zero-order valence-electron chi connectivity index (χ0n) is 11.9. The molecule has 2 aromatic rings. The van der Waals surface area contributed by atoms with Gasteiger partial charge in [0.2, 0.25) is 0 Å². The van der Waals surface area contributed by atoms with Crippen molar-refractivity contribution >= 4 is 23.0 Å². The smallest absolute Gasteiger partial charge is 0.304 e. The molecular weight excluding hydrogens is 274 g/mol. The van der Waals surface area contributed by atoms with Crippen molar-refractivity contribution in [2.75, 3.05) is 17.2 Å². The van der Waals surface area contributed by atoms with Crippen LogP contribution < -0.4 is 15.5 Å². The predicted octanol–water partition coefficient (Wildman–Crippen LogP) is 2.28. The standard InChI is InChI=1S/C13H19N5OS/c1-4-5-14-11-8(2)12(17-9(3)16-11)15-6-10-7-20-13(19)18-10/h7H,4-6H2,1-3H3,(H,18,19)(H2,14,15,16,17). The largest absolute Gasteiger partial charge is 0.370 e. The second kappa shape index (κ2) is 6.51. The maximum Gasteiger partial charge on any atom is 0.304 e. The Kier molecular flexibility index (Phi) is 4.73. The van der Waals surface area contributed by atoms with E-state index < -0.39 is 0 Å². The van der Waals surface area contributed by atoms with Crippen LogP contribution >= 0.6 is 11.3 Å². The van der Waals surface area contributed by atoms with E-state index in [1.54, 1.807) is 0 Å². The number of aromatic amines is 1. The summed E-state index contributed by atoms with van der Waals surface area (Å²) in [6.07, 6.45) is 1.04. The fraction of sp³-hybridized carbons (Fsp3) is 0.462. The molecule has 0 bridgehead atoms. The molecule has 0 atom stereocenters. The summed E-state index contributed by atoms with van der Waals surface area (Å²) < 4.78 is 0. The molecule has 20 heavy (non-hydrogen) atoms. The minimum Gasteiger partial charge on any atom is -0.370 e. The maximum atomic E-state index is 11.1. The highest BCUT2D eigenvalue weighted by Gasteiger charge is 2.09. The third-order valence-corrected chi connectivity index (χ3v) is 3.54. The van der Waals surface area contributed by atoms with E-state index in [1.165, 1.54) is 0 Å². The van der Waals surface area contributed by atoms with Crippen molar-refractivity contribution < 1.29 is 0 Å². The first-order valence-corrected chi connectivity index (χ1v) is 7.47. The molecule has 0 unspecified atom stereocenters. The van der Waals surface area contributed by atoms with Gasteiger partial charge in [0.15, 0.2) is 0 Å². The average molecular weight is 293 g/mol. The summed E-state index contributed by atoms with van der Waals surface area (Å²) >= 11 is 1.16. The van der Waals surface area contributed by atoms with Gasteiger partial charge in [0.1, 0.15) is 17.5 Å². The number of H-pyrrole nitrogens is 1. The topological polar surface area (TPSA) is 82.7 Å². The number of rotatable bonds is 6. The lowest BCUT2D eigenvalue weighted by molar-refractivity contribution is 0.939. The van der Waals surface area contributed by atoms with E-state index >= 15 is 0 Å². The SMILES string of the molecule is CCCNc1nc(C)nc(NCc2csc(=O)[nH]2)c1C. The van der Waals surface area contributed by atoms with Gasteiger partial charge in [0, 0.05) is 23.2 Å². The molecule has 0 saturated heterocycles. The summed E-state index contributed by atoms with van der Waals surface area (Å²) in [5.41, 5.74) is 1.85. The molecule has 0 aromatic carbocycles. The summed E-state index contributed by atoms with van der Waals surface area (Å²) in [4.78, 5) is 22.7. The monoisotopic (exact) mass is 293 g/mol. The lowest BCUT2D eigenvalue weighted by Crippen LogP contribution is -2.11. The van der Waals surface area contributed by atoms with Crippen molar-refractivity contribution in [2.45, 2.75) is 33.7 Å². The van der Waals surface area contributed by atoms with Crippen LogP contribution in [0.3, 0.4) is 0 Å². The quantitative estimate of drug-likeness (QED) is 0.761. The Morgan fingerprint density at radius 3 is 2.55 bits per heavy atom. The number of thiazole rings is 1. The van der Waals surface area contributed by atoms with Gasteiger partial charge in [-0.2, -0.15) is 0 Å². The van der Waals surface area contributed by atoms with Crippen LogP contribution in [0, 0.1) is 13.8 Å². The Balaban J connectivity index is 2.14. The molecule has 6 nitrogen and oxygen atoms in total. The second-order valence-electron chi connectivity index (χ2n) is 4.55. The molecule has 0 aliphatic carbocycles.